The van der Waals surface area contributed by atoms with Gasteiger partial charge in [-0.05, 0) is 244 Å². The van der Waals surface area contributed by atoms with E-state index in [1.807, 2.05) is 158 Å². The molecule has 2 amide bonds. The third-order valence-electron chi connectivity index (χ3n) is 21.2. The van der Waals surface area contributed by atoms with Crippen molar-refractivity contribution in [2.75, 3.05) is 10.6 Å². The minimum absolute atomic E-state index is 0.0811. The fourth-order valence-corrected chi connectivity index (χ4v) is 17.9. The lowest BCUT2D eigenvalue weighted by Crippen LogP contribution is -2.56. The first kappa shape index (κ1) is 64.7. The molecule has 0 aliphatic heterocycles. The van der Waals surface area contributed by atoms with E-state index in [1.165, 1.54) is 24.8 Å². The Balaban J connectivity index is 0.961. The number of anilines is 2. The van der Waals surface area contributed by atoms with E-state index in [1.54, 1.807) is 84.9 Å². The van der Waals surface area contributed by atoms with Crippen LogP contribution in [0.1, 0.15) is 145 Å². The summed E-state index contributed by atoms with van der Waals surface area (Å²) in [4.78, 5) is 30.8. The molecule has 5 aliphatic rings. The molecule has 4 saturated carbocycles. The lowest BCUT2D eigenvalue weighted by Gasteiger charge is -2.65. The van der Waals surface area contributed by atoms with Crippen LogP contribution in [0.25, 0.3) is 33.4 Å². The van der Waals surface area contributed by atoms with Crippen LogP contribution in [-0.4, -0.2) is 32.2 Å². The molecule has 0 spiro atoms. The summed E-state index contributed by atoms with van der Waals surface area (Å²) in [5.74, 6) is 25.0. The van der Waals surface area contributed by atoms with E-state index < -0.39 is 17.2 Å². The minimum Gasteiger partial charge on any atom is -0.508 e. The van der Waals surface area contributed by atoms with Gasteiger partial charge in [0.1, 0.15) is 23.0 Å². The molecule has 8 nitrogen and oxygen atoms in total. The average Bonchev–Trinajstić information content (AvgIpc) is 1.63. The van der Waals surface area contributed by atoms with Crippen molar-refractivity contribution in [1.82, 2.24) is 0 Å². The third-order valence-corrected chi connectivity index (χ3v) is 21.2. The van der Waals surface area contributed by atoms with E-state index in [4.69, 9.17) is 0 Å². The van der Waals surface area contributed by atoms with Crippen LogP contribution in [0.5, 0.6) is 23.0 Å². The van der Waals surface area contributed by atoms with Gasteiger partial charge in [0.25, 0.3) is 11.8 Å². The Hall–Kier alpha value is -13.0. The molecule has 12 aromatic rings. The first-order valence-electron chi connectivity index (χ1n) is 34.9. The number of phenols is 4. The zero-order chi connectivity index (χ0) is 70.5. The maximum absolute atomic E-state index is 15.4. The van der Waals surface area contributed by atoms with E-state index >= 15 is 9.59 Å². The second-order valence-corrected chi connectivity index (χ2v) is 28.7. The summed E-state index contributed by atoms with van der Waals surface area (Å²) in [5, 5.41) is 55.9. The second-order valence-electron chi connectivity index (χ2n) is 28.7. The molecule has 496 valence electrons. The number of benzene rings is 12. The van der Waals surface area contributed by atoms with Crippen LogP contribution in [0.3, 0.4) is 0 Å². The Labute approximate surface area is 600 Å². The van der Waals surface area contributed by atoms with Crippen LogP contribution in [0.2, 0.25) is 0 Å². The normalized spacial score (nSPS) is 18.2. The van der Waals surface area contributed by atoms with E-state index in [0.29, 0.717) is 72.7 Å². The van der Waals surface area contributed by atoms with Gasteiger partial charge in [0.15, 0.2) is 0 Å². The molecule has 12 aromatic carbocycles. The van der Waals surface area contributed by atoms with Gasteiger partial charge in [0.2, 0.25) is 0 Å². The molecule has 0 saturated heterocycles. The highest BCUT2D eigenvalue weighted by molar-refractivity contribution is 6.10. The van der Waals surface area contributed by atoms with Crippen LogP contribution >= 0.6 is 0 Å². The van der Waals surface area contributed by atoms with Gasteiger partial charge in [0.05, 0.1) is 27.9 Å². The van der Waals surface area contributed by atoms with Crippen molar-refractivity contribution in [3.63, 3.8) is 0 Å². The van der Waals surface area contributed by atoms with Gasteiger partial charge in [-0.3, -0.25) is 9.59 Å². The minimum atomic E-state index is -1.42. The summed E-state index contributed by atoms with van der Waals surface area (Å²) in [7, 11) is 0. The van der Waals surface area contributed by atoms with Gasteiger partial charge in [-0.25, -0.2) is 0 Å². The van der Waals surface area contributed by atoms with Crippen molar-refractivity contribution >= 4 is 23.2 Å². The zero-order valence-electron chi connectivity index (χ0n) is 56.9. The summed E-state index contributed by atoms with van der Waals surface area (Å²) >= 11 is 0. The summed E-state index contributed by atoms with van der Waals surface area (Å²) in [6.07, 6.45) is 6.72. The molecule has 0 radical (unpaired) electrons. The average molecular weight is 1340 g/mol. The number of hydrogen-bond acceptors (Lipinski definition) is 6. The summed E-state index contributed by atoms with van der Waals surface area (Å²) in [6, 6.07) is 85.1. The monoisotopic (exact) mass is 1330 g/mol. The molecule has 4 bridgehead atoms. The van der Waals surface area contributed by atoms with Crippen molar-refractivity contribution in [3.8, 4) is 104 Å². The van der Waals surface area contributed by atoms with Crippen molar-refractivity contribution in [2.45, 2.75) is 63.2 Å². The molecule has 8 heteroatoms. The van der Waals surface area contributed by atoms with Gasteiger partial charge in [-0.1, -0.05) is 201 Å². The van der Waals surface area contributed by atoms with Gasteiger partial charge in [-0.15, -0.1) is 0 Å². The Morgan fingerprint density at radius 1 is 0.340 bits per heavy atom. The number of amides is 2. The first-order chi connectivity index (χ1) is 50.1. The number of phenolic OH excluding ortho intramolecular Hbond substituents is 4. The fraction of sp³-hybridized carbons (Fsp3) is 0.137. The maximum Gasteiger partial charge on any atom is 0.255 e. The number of hydrogen-bond donors (Lipinski definition) is 6. The number of carbonyl (C=O) groups excluding carboxylic acids is 2. The molecular formula is C95H70N2O6. The molecule has 0 heterocycles. The number of fused-ring (bicyclic) bond motifs is 3. The van der Waals surface area contributed by atoms with Gasteiger partial charge < -0.3 is 31.1 Å². The molecule has 103 heavy (non-hydrogen) atoms. The van der Waals surface area contributed by atoms with E-state index in [0.717, 1.165) is 52.6 Å². The zero-order valence-corrected chi connectivity index (χ0v) is 56.9. The van der Waals surface area contributed by atoms with Crippen molar-refractivity contribution in [1.29, 1.82) is 0 Å². The van der Waals surface area contributed by atoms with Crippen molar-refractivity contribution in [2.24, 2.45) is 16.7 Å². The molecule has 17 rings (SSSR count). The van der Waals surface area contributed by atoms with Crippen molar-refractivity contribution < 1.29 is 30.0 Å². The van der Waals surface area contributed by atoms with Crippen LogP contribution < -0.4 is 10.6 Å². The number of nitrogens with one attached hydrogen (secondary N) is 2. The van der Waals surface area contributed by atoms with Crippen LogP contribution in [0, 0.1) is 64.1 Å². The van der Waals surface area contributed by atoms with Gasteiger partial charge >= 0.3 is 0 Å². The highest BCUT2D eigenvalue weighted by Crippen LogP contribution is 2.71. The standard InChI is InChI=1S/C95H70N2O6/c1-92-56-68-57-93(2,59-92)61-94(58-68,60-92)71-39-44-75-74-31-15-16-32-82(74)95(85(75)53-71,83-47-40-72(98)54-80(83)76-45-49-86(100)78(42-37-64-23-11-5-12-24-64)88(76)96-90(102)69-29-17-27-66(51-69)35-33-62-19-7-3-8-20-62)84-48-41-73(99)55-81(84)77-46-50-87(101)79(43-38-65-25-13-6-14-26-65)89(77)97-91(103)70-30-18-28-67(52-70)36-34-63-21-9-4-10-22-63/h3-32,39-41,44-55,68,98-101H,56-61H2,1-2H3,(H,96,102)(H,97,103). The van der Waals surface area contributed by atoms with Gasteiger partial charge in [-0.2, -0.15) is 0 Å². The summed E-state index contributed by atoms with van der Waals surface area (Å²) in [6.45, 7) is 4.99. The lowest BCUT2D eigenvalue weighted by molar-refractivity contribution is -0.110. The van der Waals surface area contributed by atoms with Crippen molar-refractivity contribution in [3.05, 3.63) is 356 Å². The highest BCUT2D eigenvalue weighted by Gasteiger charge is 2.61. The Bertz CT molecular complexity index is 5400. The topological polar surface area (TPSA) is 139 Å². The predicted octanol–water partition coefficient (Wildman–Crippen LogP) is 19.6. The first-order valence-corrected chi connectivity index (χ1v) is 34.9. The van der Waals surface area contributed by atoms with Gasteiger partial charge in [0, 0.05) is 55.6 Å². The second kappa shape index (κ2) is 26.3. The summed E-state index contributed by atoms with van der Waals surface area (Å²) < 4.78 is 0. The van der Waals surface area contributed by atoms with Crippen LogP contribution in [-0.2, 0) is 10.8 Å². The molecule has 2 atom stereocenters. The summed E-state index contributed by atoms with van der Waals surface area (Å²) in [5.41, 5.74) is 12.2. The fourth-order valence-electron chi connectivity index (χ4n) is 17.9. The Morgan fingerprint density at radius 3 is 1.18 bits per heavy atom. The third kappa shape index (κ3) is 12.3. The maximum atomic E-state index is 15.4. The van der Waals surface area contributed by atoms with Crippen LogP contribution in [0.15, 0.2) is 273 Å². The quantitative estimate of drug-likeness (QED) is 0.0796. The molecule has 5 aliphatic carbocycles. The van der Waals surface area contributed by atoms with E-state index in [-0.39, 0.29) is 61.7 Å². The van der Waals surface area contributed by atoms with E-state index in [9.17, 15) is 20.4 Å². The smallest absolute Gasteiger partial charge is 0.255 e. The Morgan fingerprint density at radius 2 is 0.728 bits per heavy atom. The molecule has 2 unspecified atom stereocenters. The molecular weight excluding hydrogens is 1270 g/mol. The number of rotatable bonds is 9. The Kier molecular flexibility index (Phi) is 16.5. The SMILES string of the molecule is CC12CC3CC(C)(C1)CC(c1ccc4c(c1)C(c1ccc(O)cc1-c1ccc(O)c(C#Cc5ccccc5)c1NC(=O)c1cccc(C#Cc5ccccc5)c1)(c1ccc(O)cc1-c1ccc(O)c(C#Cc5ccccc5)c1NC(=O)c1cccc(C#Cc5ccccc5)c1)c1ccccc1-4)(C3)C2. The number of carbonyl (C=O) groups is 2. The molecule has 6 N–H and O–H groups in total. The highest BCUT2D eigenvalue weighted by atomic mass is 16.3. The van der Waals surface area contributed by atoms with Crippen LogP contribution in [0.4, 0.5) is 11.4 Å². The lowest BCUT2D eigenvalue weighted by atomic mass is 9.39. The van der Waals surface area contributed by atoms with E-state index in [2.05, 4.69) is 102 Å². The largest absolute Gasteiger partial charge is 0.508 e. The number of aromatic hydroxyl groups is 4. The predicted molar refractivity (Wildman–Crippen MR) is 409 cm³/mol. The molecule has 4 fully saturated rings. The molecule has 0 aromatic heterocycles.